The van der Waals surface area contributed by atoms with Crippen molar-refractivity contribution in [3.05, 3.63) is 89.5 Å². The van der Waals surface area contributed by atoms with Crippen LogP contribution in [0.1, 0.15) is 56.9 Å². The highest BCUT2D eigenvalue weighted by atomic mass is 32.2. The summed E-state index contributed by atoms with van der Waals surface area (Å²) >= 11 is 0. The minimum absolute atomic E-state index is 0.143. The molecule has 0 amide bonds. The number of benzene rings is 3. The quantitative estimate of drug-likeness (QED) is 0.480. The summed E-state index contributed by atoms with van der Waals surface area (Å²) in [5, 5.41) is 2.17. The highest BCUT2D eigenvalue weighted by Gasteiger charge is 2.22. The monoisotopic (exact) mass is 433 g/mol. The van der Waals surface area contributed by atoms with Crippen LogP contribution in [0.15, 0.2) is 72.1 Å². The predicted octanol–water partition coefficient (Wildman–Crippen LogP) is 6.82. The van der Waals surface area contributed by atoms with Gasteiger partial charge in [-0.3, -0.25) is 4.72 Å². The Labute approximate surface area is 186 Å². The van der Waals surface area contributed by atoms with Crippen molar-refractivity contribution in [3.8, 4) is 0 Å². The summed E-state index contributed by atoms with van der Waals surface area (Å²) in [7, 11) is -3.76. The molecule has 0 radical (unpaired) electrons. The van der Waals surface area contributed by atoms with E-state index in [2.05, 4.69) is 51.1 Å². The van der Waals surface area contributed by atoms with Crippen LogP contribution in [-0.4, -0.2) is 8.42 Å². The molecule has 0 bridgehead atoms. The summed E-state index contributed by atoms with van der Waals surface area (Å²) in [6.07, 6.45) is 2.09. The molecule has 0 aliphatic rings. The molecule has 3 rings (SSSR count). The van der Waals surface area contributed by atoms with E-state index in [4.69, 9.17) is 0 Å². The van der Waals surface area contributed by atoms with Crippen LogP contribution in [0, 0.1) is 6.92 Å². The van der Waals surface area contributed by atoms with Gasteiger partial charge in [0.15, 0.2) is 0 Å². The third-order valence-electron chi connectivity index (χ3n) is 5.69. The largest absolute Gasteiger partial charge is 0.280 e. The van der Waals surface area contributed by atoms with Gasteiger partial charge in [0.05, 0.1) is 4.90 Å². The van der Waals surface area contributed by atoms with Crippen molar-refractivity contribution in [3.63, 3.8) is 0 Å². The van der Waals surface area contributed by atoms with Crippen LogP contribution in [0.25, 0.3) is 22.0 Å². The van der Waals surface area contributed by atoms with Crippen molar-refractivity contribution in [1.29, 1.82) is 0 Å². The van der Waals surface area contributed by atoms with Crippen LogP contribution in [0.2, 0.25) is 0 Å². The van der Waals surface area contributed by atoms with Crippen molar-refractivity contribution < 1.29 is 8.42 Å². The zero-order chi connectivity index (χ0) is 23.0. The van der Waals surface area contributed by atoms with Crippen LogP contribution in [0.5, 0.6) is 0 Å². The number of hydrogen-bond donors (Lipinski definition) is 1. The summed E-state index contributed by atoms with van der Waals surface area (Å²) in [6, 6.07) is 17.7. The number of hydrogen-bond acceptors (Lipinski definition) is 2. The Hall–Kier alpha value is -2.85. The molecular weight excluding hydrogens is 402 g/mol. The van der Waals surface area contributed by atoms with Gasteiger partial charge in [-0.05, 0) is 76.9 Å². The molecule has 3 aromatic carbocycles. The van der Waals surface area contributed by atoms with Gasteiger partial charge in [0.1, 0.15) is 0 Å². The Kier molecular flexibility index (Phi) is 6.15. The summed E-state index contributed by atoms with van der Waals surface area (Å²) in [4.78, 5) is 0.285. The molecule has 0 atom stereocenters. The summed E-state index contributed by atoms with van der Waals surface area (Å²) in [5.41, 5.74) is 5.02. The second-order valence-corrected chi connectivity index (χ2v) is 10.7. The first-order valence-electron chi connectivity index (χ1n) is 10.4. The summed E-state index contributed by atoms with van der Waals surface area (Å²) in [5.74, 6) is 0. The maximum Gasteiger partial charge on any atom is 0.262 e. The molecule has 0 saturated carbocycles. The van der Waals surface area contributed by atoms with Gasteiger partial charge in [-0.25, -0.2) is 8.42 Å². The van der Waals surface area contributed by atoms with Crippen LogP contribution in [0.4, 0.5) is 0 Å². The van der Waals surface area contributed by atoms with Crippen molar-refractivity contribution in [1.82, 2.24) is 4.72 Å². The van der Waals surface area contributed by atoms with Crippen LogP contribution in [0.3, 0.4) is 0 Å². The van der Waals surface area contributed by atoms with Gasteiger partial charge in [0.2, 0.25) is 0 Å². The maximum absolute atomic E-state index is 13.2. The molecular formula is C27H31NO2S. The van der Waals surface area contributed by atoms with Gasteiger partial charge < -0.3 is 0 Å². The summed E-state index contributed by atoms with van der Waals surface area (Å²) < 4.78 is 29.1. The van der Waals surface area contributed by atoms with Gasteiger partial charge in [0, 0.05) is 5.70 Å². The molecule has 0 unspecified atom stereocenters. The van der Waals surface area contributed by atoms with Crippen molar-refractivity contribution in [2.24, 2.45) is 0 Å². The number of rotatable bonds is 5. The Balaban J connectivity index is 1.97. The van der Waals surface area contributed by atoms with E-state index < -0.39 is 10.0 Å². The van der Waals surface area contributed by atoms with Gasteiger partial charge in [0.25, 0.3) is 10.0 Å². The second kappa shape index (κ2) is 8.35. The average Bonchev–Trinajstić information content (AvgIpc) is 2.71. The third kappa shape index (κ3) is 4.75. The Morgan fingerprint density at radius 3 is 2.39 bits per heavy atom. The Morgan fingerprint density at radius 1 is 1.03 bits per heavy atom. The Morgan fingerprint density at radius 2 is 1.74 bits per heavy atom. The molecule has 0 fully saturated rings. The van der Waals surface area contributed by atoms with E-state index >= 15 is 0 Å². The standard InChI is InChI=1S/C27H31NO2S/c1-8-18(2)24-11-9-10-22-16-21(13-15-25(22)24)20(4)28-31(29,30)26-17-23(27(5,6)7)14-12-19(26)3/h8-17,28H,4H2,1-3,5-7H3/b18-8+. The second-order valence-electron chi connectivity index (χ2n) is 9.03. The molecule has 0 heterocycles. The Bertz CT molecular complexity index is 1290. The lowest BCUT2D eigenvalue weighted by atomic mass is 9.87. The number of sulfonamides is 1. The first-order chi connectivity index (χ1) is 14.4. The fourth-order valence-corrected chi connectivity index (χ4v) is 4.93. The topological polar surface area (TPSA) is 46.2 Å². The van der Waals surface area contributed by atoms with E-state index in [-0.39, 0.29) is 10.3 Å². The van der Waals surface area contributed by atoms with E-state index in [9.17, 15) is 8.42 Å². The lowest BCUT2D eigenvalue weighted by molar-refractivity contribution is 0.581. The highest BCUT2D eigenvalue weighted by molar-refractivity contribution is 7.90. The molecule has 31 heavy (non-hydrogen) atoms. The van der Waals surface area contributed by atoms with Crippen LogP contribution in [-0.2, 0) is 15.4 Å². The predicted molar refractivity (Wildman–Crippen MR) is 133 cm³/mol. The van der Waals surface area contributed by atoms with Crippen molar-refractivity contribution in [2.75, 3.05) is 0 Å². The minimum Gasteiger partial charge on any atom is -0.280 e. The summed E-state index contributed by atoms with van der Waals surface area (Å²) in [6.45, 7) is 16.1. The maximum atomic E-state index is 13.2. The van der Waals surface area contributed by atoms with E-state index in [0.29, 0.717) is 11.3 Å². The van der Waals surface area contributed by atoms with Crippen molar-refractivity contribution >= 4 is 32.1 Å². The van der Waals surface area contributed by atoms with Gasteiger partial charge in [-0.15, -0.1) is 0 Å². The number of aryl methyl sites for hydroxylation is 1. The zero-order valence-electron chi connectivity index (χ0n) is 19.2. The van der Waals surface area contributed by atoms with E-state index in [1.807, 2.05) is 56.3 Å². The molecule has 1 N–H and O–H groups in total. The fraction of sp³-hybridized carbons (Fsp3) is 0.259. The molecule has 0 saturated heterocycles. The van der Waals surface area contributed by atoms with E-state index in [1.54, 1.807) is 6.07 Å². The molecule has 4 heteroatoms. The normalized spacial score (nSPS) is 12.8. The molecule has 0 spiro atoms. The average molecular weight is 434 g/mol. The van der Waals surface area contributed by atoms with Gasteiger partial charge in [-0.1, -0.05) is 75.9 Å². The first-order valence-corrected chi connectivity index (χ1v) is 11.9. The van der Waals surface area contributed by atoms with E-state index in [0.717, 1.165) is 21.9 Å². The lowest BCUT2D eigenvalue weighted by Crippen LogP contribution is -2.23. The molecule has 3 aromatic rings. The SMILES string of the molecule is C=C(NS(=O)(=O)c1cc(C(C)(C)C)ccc1C)c1ccc2c(/C(C)=C/C)cccc2c1. The number of fused-ring (bicyclic) bond motifs is 1. The molecule has 3 nitrogen and oxygen atoms in total. The lowest BCUT2D eigenvalue weighted by Gasteiger charge is -2.21. The zero-order valence-corrected chi connectivity index (χ0v) is 20.0. The number of allylic oxidation sites excluding steroid dienone is 2. The van der Waals surface area contributed by atoms with E-state index in [1.165, 1.54) is 11.1 Å². The smallest absolute Gasteiger partial charge is 0.262 e. The highest BCUT2D eigenvalue weighted by Crippen LogP contribution is 2.29. The number of nitrogens with one attached hydrogen (secondary N) is 1. The fourth-order valence-electron chi connectivity index (χ4n) is 3.60. The third-order valence-corrected chi connectivity index (χ3v) is 7.22. The van der Waals surface area contributed by atoms with Gasteiger partial charge in [-0.2, -0.15) is 0 Å². The minimum atomic E-state index is -3.76. The molecule has 0 aromatic heterocycles. The molecule has 0 aliphatic carbocycles. The van der Waals surface area contributed by atoms with Crippen LogP contribution < -0.4 is 4.72 Å². The molecule has 0 aliphatic heterocycles. The molecule has 162 valence electrons. The van der Waals surface area contributed by atoms with Gasteiger partial charge >= 0.3 is 0 Å². The van der Waals surface area contributed by atoms with Crippen LogP contribution >= 0.6 is 0 Å². The van der Waals surface area contributed by atoms with Crippen molar-refractivity contribution in [2.45, 2.75) is 51.9 Å². The first kappa shape index (κ1) is 22.8.